The molecule has 0 atom stereocenters. The van der Waals surface area contributed by atoms with Crippen LogP contribution in [-0.2, 0) is 22.6 Å². The van der Waals surface area contributed by atoms with E-state index >= 15 is 0 Å². The first kappa shape index (κ1) is 20.2. The lowest BCUT2D eigenvalue weighted by molar-refractivity contribution is -0.139. The molecule has 1 aliphatic heterocycles. The van der Waals surface area contributed by atoms with Crippen molar-refractivity contribution in [3.63, 3.8) is 0 Å². The van der Waals surface area contributed by atoms with E-state index in [2.05, 4.69) is 39.8 Å². The van der Waals surface area contributed by atoms with Crippen LogP contribution in [0.15, 0.2) is 48.5 Å². The van der Waals surface area contributed by atoms with Crippen LogP contribution in [0.1, 0.15) is 30.4 Å². The molecule has 1 aliphatic rings. The van der Waals surface area contributed by atoms with Gasteiger partial charge in [-0.3, -0.25) is 9.59 Å². The molecule has 1 saturated heterocycles. The van der Waals surface area contributed by atoms with E-state index < -0.39 is 11.8 Å². The minimum absolute atomic E-state index is 0.293. The van der Waals surface area contributed by atoms with Gasteiger partial charge in [0.05, 0.1) is 0 Å². The van der Waals surface area contributed by atoms with Crippen molar-refractivity contribution in [2.75, 3.05) is 24.5 Å². The molecule has 6 heteroatoms. The Morgan fingerprint density at radius 1 is 0.821 bits per heavy atom. The van der Waals surface area contributed by atoms with Crippen LogP contribution in [0.5, 0.6) is 0 Å². The number of hydrogen-bond acceptors (Lipinski definition) is 3. The van der Waals surface area contributed by atoms with Gasteiger partial charge in [0.2, 0.25) is 0 Å². The molecule has 2 amide bonds. The van der Waals surface area contributed by atoms with Crippen molar-refractivity contribution in [3.05, 3.63) is 64.7 Å². The highest BCUT2D eigenvalue weighted by Crippen LogP contribution is 2.20. The maximum Gasteiger partial charge on any atom is 0.309 e. The van der Waals surface area contributed by atoms with Crippen molar-refractivity contribution in [1.82, 2.24) is 10.6 Å². The van der Waals surface area contributed by atoms with E-state index in [1.165, 1.54) is 24.9 Å². The fraction of sp³-hybridized carbons (Fsp3) is 0.364. The molecule has 2 aromatic carbocycles. The lowest BCUT2D eigenvalue weighted by atomic mass is 10.1. The van der Waals surface area contributed by atoms with Crippen LogP contribution in [0.4, 0.5) is 5.69 Å². The summed E-state index contributed by atoms with van der Waals surface area (Å²) in [6.07, 6.45) is 4.53. The van der Waals surface area contributed by atoms with Crippen molar-refractivity contribution in [2.24, 2.45) is 0 Å². The largest absolute Gasteiger partial charge is 0.372 e. The van der Waals surface area contributed by atoms with Crippen molar-refractivity contribution >= 4 is 29.1 Å². The Morgan fingerprint density at radius 3 is 2.11 bits per heavy atom. The zero-order chi connectivity index (χ0) is 19.8. The molecule has 2 aromatic rings. The molecule has 3 rings (SSSR count). The van der Waals surface area contributed by atoms with E-state index in [0.29, 0.717) is 24.5 Å². The van der Waals surface area contributed by atoms with Crippen molar-refractivity contribution in [1.29, 1.82) is 0 Å². The number of piperidine rings is 1. The lowest BCUT2D eigenvalue weighted by Crippen LogP contribution is -2.40. The number of amides is 2. The summed E-state index contributed by atoms with van der Waals surface area (Å²) in [6, 6.07) is 15.6. The van der Waals surface area contributed by atoms with E-state index in [0.717, 1.165) is 24.2 Å². The number of nitrogens with zero attached hydrogens (tertiary/aromatic N) is 1. The van der Waals surface area contributed by atoms with Gasteiger partial charge in [-0.15, -0.1) is 0 Å². The molecule has 0 unspecified atom stereocenters. The smallest absolute Gasteiger partial charge is 0.309 e. The van der Waals surface area contributed by atoms with Gasteiger partial charge in [0.1, 0.15) is 0 Å². The summed E-state index contributed by atoms with van der Waals surface area (Å²) in [7, 11) is 0. The Labute approximate surface area is 171 Å². The van der Waals surface area contributed by atoms with E-state index in [1.807, 2.05) is 12.1 Å². The Kier molecular flexibility index (Phi) is 7.31. The highest BCUT2D eigenvalue weighted by molar-refractivity contribution is 6.35. The summed E-state index contributed by atoms with van der Waals surface area (Å²) in [4.78, 5) is 26.2. The van der Waals surface area contributed by atoms with Crippen LogP contribution < -0.4 is 15.5 Å². The molecule has 0 saturated carbocycles. The molecule has 1 heterocycles. The van der Waals surface area contributed by atoms with Crippen LogP contribution in [0.3, 0.4) is 0 Å². The molecule has 2 N–H and O–H groups in total. The first-order valence-corrected chi connectivity index (χ1v) is 10.1. The van der Waals surface area contributed by atoms with Crippen LogP contribution in [-0.4, -0.2) is 31.4 Å². The molecular formula is C22H26ClN3O2. The monoisotopic (exact) mass is 399 g/mol. The predicted octanol–water partition coefficient (Wildman–Crippen LogP) is 3.31. The molecule has 0 radical (unpaired) electrons. The highest BCUT2D eigenvalue weighted by Gasteiger charge is 2.13. The summed E-state index contributed by atoms with van der Waals surface area (Å²) in [5.74, 6) is -1.24. The number of rotatable bonds is 6. The highest BCUT2D eigenvalue weighted by atomic mass is 35.5. The number of halogens is 1. The second-order valence-electron chi connectivity index (χ2n) is 7.03. The van der Waals surface area contributed by atoms with E-state index in [-0.39, 0.29) is 0 Å². The van der Waals surface area contributed by atoms with Gasteiger partial charge in [-0.1, -0.05) is 35.9 Å². The normalized spacial score (nSPS) is 13.8. The number of carbonyl (C=O) groups is 2. The minimum atomic E-state index is -0.629. The number of benzene rings is 2. The van der Waals surface area contributed by atoms with Gasteiger partial charge in [0, 0.05) is 36.9 Å². The van der Waals surface area contributed by atoms with Gasteiger partial charge in [0.15, 0.2) is 0 Å². The quantitative estimate of drug-likeness (QED) is 0.732. The maximum absolute atomic E-state index is 11.9. The van der Waals surface area contributed by atoms with Crippen molar-refractivity contribution < 1.29 is 9.59 Å². The standard InChI is InChI=1S/C22H26ClN3O2/c23-19-8-4-18(5-9-19)16-25-22(28)21(27)24-13-12-17-6-10-20(11-7-17)26-14-2-1-3-15-26/h4-11H,1-3,12-16H2,(H,24,27)(H,25,28). The zero-order valence-corrected chi connectivity index (χ0v) is 16.7. The maximum atomic E-state index is 11.9. The third-order valence-electron chi connectivity index (χ3n) is 4.93. The molecule has 28 heavy (non-hydrogen) atoms. The Balaban J connectivity index is 1.38. The van der Waals surface area contributed by atoms with E-state index in [9.17, 15) is 9.59 Å². The van der Waals surface area contributed by atoms with Gasteiger partial charge in [0.25, 0.3) is 0 Å². The van der Waals surface area contributed by atoms with Gasteiger partial charge in [-0.2, -0.15) is 0 Å². The third kappa shape index (κ3) is 5.99. The van der Waals surface area contributed by atoms with Crippen LogP contribution in [0.25, 0.3) is 0 Å². The molecule has 0 spiro atoms. The van der Waals surface area contributed by atoms with Crippen LogP contribution in [0.2, 0.25) is 5.02 Å². The predicted molar refractivity (Wildman–Crippen MR) is 113 cm³/mol. The van der Waals surface area contributed by atoms with Crippen molar-refractivity contribution in [2.45, 2.75) is 32.2 Å². The fourth-order valence-corrected chi connectivity index (χ4v) is 3.42. The van der Waals surface area contributed by atoms with Crippen LogP contribution in [0, 0.1) is 0 Å². The summed E-state index contributed by atoms with van der Waals surface area (Å²) < 4.78 is 0. The van der Waals surface area contributed by atoms with E-state index in [1.54, 1.807) is 12.1 Å². The second kappa shape index (κ2) is 10.1. The average molecular weight is 400 g/mol. The summed E-state index contributed by atoms with van der Waals surface area (Å²) >= 11 is 5.83. The number of hydrogen-bond donors (Lipinski definition) is 2. The molecule has 1 fully saturated rings. The number of carbonyl (C=O) groups excluding carboxylic acids is 2. The minimum Gasteiger partial charge on any atom is -0.372 e. The van der Waals surface area contributed by atoms with Crippen molar-refractivity contribution in [3.8, 4) is 0 Å². The number of nitrogens with one attached hydrogen (secondary N) is 2. The summed E-state index contributed by atoms with van der Waals surface area (Å²) in [6.45, 7) is 2.97. The number of anilines is 1. The molecule has 0 aromatic heterocycles. The zero-order valence-electron chi connectivity index (χ0n) is 15.9. The molecule has 0 bridgehead atoms. The second-order valence-corrected chi connectivity index (χ2v) is 7.47. The van der Waals surface area contributed by atoms with Gasteiger partial charge < -0.3 is 15.5 Å². The molecule has 5 nitrogen and oxygen atoms in total. The topological polar surface area (TPSA) is 61.4 Å². The summed E-state index contributed by atoms with van der Waals surface area (Å²) in [5, 5.41) is 5.92. The molecule has 148 valence electrons. The average Bonchev–Trinajstić information content (AvgIpc) is 2.74. The first-order valence-electron chi connectivity index (χ1n) is 9.76. The lowest BCUT2D eigenvalue weighted by Gasteiger charge is -2.28. The first-order chi connectivity index (χ1) is 13.6. The summed E-state index contributed by atoms with van der Waals surface area (Å²) in [5.41, 5.74) is 3.29. The van der Waals surface area contributed by atoms with Gasteiger partial charge in [-0.25, -0.2) is 0 Å². The van der Waals surface area contributed by atoms with Gasteiger partial charge in [-0.05, 0) is 61.1 Å². The molecular weight excluding hydrogens is 374 g/mol. The van der Waals surface area contributed by atoms with E-state index in [4.69, 9.17) is 11.6 Å². The van der Waals surface area contributed by atoms with Gasteiger partial charge >= 0.3 is 11.8 Å². The molecule has 0 aliphatic carbocycles. The Hall–Kier alpha value is -2.53. The SMILES string of the molecule is O=C(NCCc1ccc(N2CCCCC2)cc1)C(=O)NCc1ccc(Cl)cc1. The Bertz CT molecular complexity index is 784. The Morgan fingerprint density at radius 2 is 1.43 bits per heavy atom. The fourth-order valence-electron chi connectivity index (χ4n) is 3.29. The third-order valence-corrected chi connectivity index (χ3v) is 5.18. The van der Waals surface area contributed by atoms with Crippen LogP contribution >= 0.6 is 11.6 Å².